The number of hydrogen-bond donors (Lipinski definition) is 3. The molecule has 8 heteroatoms. The van der Waals surface area contributed by atoms with Crippen molar-refractivity contribution in [2.75, 3.05) is 0 Å². The average Bonchev–Trinajstić information content (AvgIpc) is 2.41. The van der Waals surface area contributed by atoms with Gasteiger partial charge in [-0.2, -0.15) is 0 Å². The first-order valence-corrected chi connectivity index (χ1v) is 5.97. The van der Waals surface area contributed by atoms with Crippen LogP contribution in [0.2, 0.25) is 0 Å². The van der Waals surface area contributed by atoms with Crippen molar-refractivity contribution >= 4 is 28.6 Å². The highest BCUT2D eigenvalue weighted by atomic mass is 35.5. The lowest BCUT2D eigenvalue weighted by Gasteiger charge is -2.09. The molecular weight excluding hydrogens is 292 g/mol. The van der Waals surface area contributed by atoms with Crippen LogP contribution in [0.5, 0.6) is 0 Å². The summed E-state index contributed by atoms with van der Waals surface area (Å²) in [7, 11) is 0. The van der Waals surface area contributed by atoms with Crippen molar-refractivity contribution in [1.82, 2.24) is 9.82 Å². The molecule has 0 aliphatic carbocycles. The van der Waals surface area contributed by atoms with E-state index in [4.69, 9.17) is 17.5 Å². The highest BCUT2D eigenvalue weighted by Crippen LogP contribution is 2.16. The van der Waals surface area contributed by atoms with Crippen LogP contribution in [0.3, 0.4) is 0 Å². The Labute approximate surface area is 116 Å². The van der Waals surface area contributed by atoms with Gasteiger partial charge < -0.3 is 10.7 Å². The first kappa shape index (κ1) is 14.4. The number of carbonyl (C=O) groups excluding carboxylic acids is 1. The third kappa shape index (κ3) is 2.78. The number of H-pyrrole nitrogens is 1. The van der Waals surface area contributed by atoms with E-state index in [0.717, 1.165) is 12.1 Å². The maximum absolute atomic E-state index is 13.2. The van der Waals surface area contributed by atoms with Crippen LogP contribution in [-0.2, 0) is 11.2 Å². The van der Waals surface area contributed by atoms with E-state index >= 15 is 0 Å². The summed E-state index contributed by atoms with van der Waals surface area (Å²) in [6.07, 6.45) is -0.0805. The topological polar surface area (TPSA) is 88.0 Å². The van der Waals surface area contributed by atoms with Gasteiger partial charge in [0.15, 0.2) is 11.6 Å². The number of aromatic amines is 1. The minimum atomic E-state index is -1.06. The van der Waals surface area contributed by atoms with Crippen molar-refractivity contribution < 1.29 is 13.6 Å². The summed E-state index contributed by atoms with van der Waals surface area (Å²) < 4.78 is 26.2. The molecule has 0 bridgehead atoms. The van der Waals surface area contributed by atoms with E-state index < -0.39 is 29.1 Å². The van der Waals surface area contributed by atoms with Gasteiger partial charge in [-0.15, -0.1) is 0 Å². The lowest BCUT2D eigenvalue weighted by molar-refractivity contribution is -0.120. The van der Waals surface area contributed by atoms with Gasteiger partial charge in [0, 0.05) is 35.2 Å². The van der Waals surface area contributed by atoms with Gasteiger partial charge >= 0.3 is 0 Å². The fourth-order valence-corrected chi connectivity index (χ4v) is 1.94. The number of benzene rings is 1. The van der Waals surface area contributed by atoms with Gasteiger partial charge in [-0.1, -0.05) is 0 Å². The van der Waals surface area contributed by atoms with Crippen LogP contribution in [-0.4, -0.2) is 16.9 Å². The van der Waals surface area contributed by atoms with Crippen LogP contribution in [0.1, 0.15) is 5.56 Å². The van der Waals surface area contributed by atoms with Gasteiger partial charge in [-0.25, -0.2) is 8.78 Å². The van der Waals surface area contributed by atoms with Crippen molar-refractivity contribution in [3.8, 4) is 0 Å². The minimum absolute atomic E-state index is 0.0805. The van der Waals surface area contributed by atoms with E-state index in [1.165, 1.54) is 6.07 Å². The molecule has 0 radical (unpaired) electrons. The van der Waals surface area contributed by atoms with Gasteiger partial charge in [0.1, 0.15) is 0 Å². The van der Waals surface area contributed by atoms with Gasteiger partial charge in [0.2, 0.25) is 0 Å². The van der Waals surface area contributed by atoms with E-state index in [0.29, 0.717) is 5.39 Å². The molecule has 106 valence electrons. The number of halogens is 3. The minimum Gasteiger partial charge on any atom is -0.322 e. The molecule has 1 amide bonds. The second kappa shape index (κ2) is 5.56. The van der Waals surface area contributed by atoms with Crippen LogP contribution in [0.15, 0.2) is 23.0 Å². The van der Waals surface area contributed by atoms with Crippen LogP contribution in [0.25, 0.3) is 10.9 Å². The third-order valence-electron chi connectivity index (χ3n) is 2.83. The number of hydrogen-bond acceptors (Lipinski definition) is 3. The molecule has 0 unspecified atom stereocenters. The number of pyridine rings is 1. The maximum atomic E-state index is 13.2. The second-order valence-corrected chi connectivity index (χ2v) is 4.44. The van der Waals surface area contributed by atoms with Crippen molar-refractivity contribution in [3.63, 3.8) is 0 Å². The Morgan fingerprint density at radius 1 is 1.35 bits per heavy atom. The largest absolute Gasteiger partial charge is 0.322 e. The molecule has 4 N–H and O–H groups in total. The Morgan fingerprint density at radius 3 is 2.65 bits per heavy atom. The Morgan fingerprint density at radius 2 is 2.00 bits per heavy atom. The first-order valence-electron chi connectivity index (χ1n) is 5.59. The van der Waals surface area contributed by atoms with Crippen molar-refractivity contribution in [2.45, 2.75) is 12.5 Å². The second-order valence-electron chi connectivity index (χ2n) is 4.25. The monoisotopic (exact) mass is 301 g/mol. The Balaban J connectivity index is 2.45. The fourth-order valence-electron chi connectivity index (χ4n) is 1.80. The molecule has 2 rings (SSSR count). The van der Waals surface area contributed by atoms with Gasteiger partial charge in [-0.3, -0.25) is 14.4 Å². The number of carbonyl (C=O) groups is 1. The highest BCUT2D eigenvalue weighted by Gasteiger charge is 2.16. The summed E-state index contributed by atoms with van der Waals surface area (Å²) in [6.45, 7) is 0. The summed E-state index contributed by atoms with van der Waals surface area (Å²) in [6, 6.07) is 2.19. The predicted molar refractivity (Wildman–Crippen MR) is 70.2 cm³/mol. The molecule has 0 aliphatic heterocycles. The standard InChI is InChI=1S/C12H10ClF2N3O2/c13-18-12(20)9(16)3-6-1-5-2-7(14)8(15)4-10(5)17-11(6)19/h1-2,4,9H,3,16H2,(H,17,19)(H,18,20)/t9-/m0/s1. The molecule has 0 fully saturated rings. The lowest BCUT2D eigenvalue weighted by atomic mass is 10.1. The summed E-state index contributed by atoms with van der Waals surface area (Å²) in [5.74, 6) is -2.73. The normalized spacial score (nSPS) is 12.4. The van der Waals surface area contributed by atoms with Gasteiger partial charge in [-0.05, 0) is 12.1 Å². The smallest absolute Gasteiger partial charge is 0.251 e. The van der Waals surface area contributed by atoms with Gasteiger partial charge in [0.05, 0.1) is 11.6 Å². The quantitative estimate of drug-likeness (QED) is 0.737. The molecule has 1 heterocycles. The lowest BCUT2D eigenvalue weighted by Crippen LogP contribution is -2.39. The van der Waals surface area contributed by atoms with E-state index in [1.54, 1.807) is 0 Å². The Bertz CT molecular complexity index is 732. The van der Waals surface area contributed by atoms with E-state index in [1.807, 2.05) is 4.84 Å². The molecule has 0 saturated heterocycles. The summed E-state index contributed by atoms with van der Waals surface area (Å²) in [5, 5.41) is 0.303. The molecule has 20 heavy (non-hydrogen) atoms. The van der Waals surface area contributed by atoms with E-state index in [9.17, 15) is 18.4 Å². The molecule has 1 aromatic heterocycles. The van der Waals surface area contributed by atoms with Crippen LogP contribution in [0, 0.1) is 11.6 Å². The molecule has 5 nitrogen and oxygen atoms in total. The van der Waals surface area contributed by atoms with E-state index in [2.05, 4.69) is 4.98 Å². The SMILES string of the molecule is N[C@@H](Cc1cc2cc(F)c(F)cc2[nH]c1=O)C(=O)NCl. The van der Waals surface area contributed by atoms with Crippen LogP contribution in [0.4, 0.5) is 8.78 Å². The molecule has 1 aromatic carbocycles. The fraction of sp³-hybridized carbons (Fsp3) is 0.167. The molecule has 0 saturated carbocycles. The summed E-state index contributed by atoms with van der Waals surface area (Å²) in [5.41, 5.74) is 5.35. The van der Waals surface area contributed by atoms with Crippen molar-refractivity contribution in [2.24, 2.45) is 5.73 Å². The van der Waals surface area contributed by atoms with E-state index in [-0.39, 0.29) is 17.5 Å². The van der Waals surface area contributed by atoms with Gasteiger partial charge in [0.25, 0.3) is 11.5 Å². The molecule has 0 aliphatic rings. The van der Waals surface area contributed by atoms with Crippen LogP contribution >= 0.6 is 11.8 Å². The zero-order valence-electron chi connectivity index (χ0n) is 10.0. The Hall–Kier alpha value is -1.99. The number of nitrogens with one attached hydrogen (secondary N) is 2. The first-order chi connectivity index (χ1) is 9.42. The molecule has 1 atom stereocenters. The van der Waals surface area contributed by atoms with Crippen molar-refractivity contribution in [1.29, 1.82) is 0 Å². The maximum Gasteiger partial charge on any atom is 0.251 e. The predicted octanol–water partition coefficient (Wildman–Crippen LogP) is 0.946. The Kier molecular flexibility index (Phi) is 4.01. The number of amides is 1. The number of rotatable bonds is 3. The number of nitrogens with two attached hydrogens (primary N) is 1. The van der Waals surface area contributed by atoms with Crippen molar-refractivity contribution in [3.05, 3.63) is 45.8 Å². The molecule has 0 spiro atoms. The zero-order chi connectivity index (χ0) is 14.9. The summed E-state index contributed by atoms with van der Waals surface area (Å²) in [4.78, 5) is 27.2. The van der Waals surface area contributed by atoms with Crippen LogP contribution < -0.4 is 16.1 Å². The molecule has 2 aromatic rings. The number of aromatic nitrogens is 1. The molecular formula is C12H10ClF2N3O2. The summed E-state index contributed by atoms with van der Waals surface area (Å²) >= 11 is 5.13. The number of fused-ring (bicyclic) bond motifs is 1. The highest BCUT2D eigenvalue weighted by molar-refractivity contribution is 6.22. The third-order valence-corrected chi connectivity index (χ3v) is 3.02. The average molecular weight is 302 g/mol. The zero-order valence-corrected chi connectivity index (χ0v) is 10.8.